The fraction of sp³-hybridized carbons (Fsp3) is 0.375. The standard InChI is InChI=1S/2C24H23Cl2F3N2O3/c1-13(33-2)7-22(32)30-20-6-4-14-8-15(3-5-19(14)20)21-12-23(34-31-21,24(27,28)29)16-9-17(25)11-18(26)10-16;1-13(34-2)7-23(32)30-21-6-4-14-8-15(3-5-19(14)21)22(31-33)12-20(24(27,28)29)16-9-17(25)11-18(26)10-16/h3,5,8-11,13,20H,4,6-7,12H2,1-2H3,(H,30,32);3,5,8-13,21,33H,4,6-7H2,1-2H3,(H,30,32)/b;20-12-,31-22-. The Hall–Kier alpha value is -4.84. The summed E-state index contributed by atoms with van der Waals surface area (Å²) >= 11 is 23.7. The first-order chi connectivity index (χ1) is 32.0. The van der Waals surface area contributed by atoms with Crippen molar-refractivity contribution >= 4 is 75.2 Å². The average molecular weight is 1030 g/mol. The average Bonchev–Trinajstić information content (AvgIpc) is 4.00. The van der Waals surface area contributed by atoms with Crippen LogP contribution < -0.4 is 10.6 Å². The summed E-state index contributed by atoms with van der Waals surface area (Å²) in [6, 6.07) is 17.3. The third-order valence-corrected chi connectivity index (χ3v) is 12.7. The van der Waals surface area contributed by atoms with Gasteiger partial charge in [-0.25, -0.2) is 0 Å². The molecule has 5 unspecified atom stereocenters. The van der Waals surface area contributed by atoms with Crippen LogP contribution in [0.3, 0.4) is 0 Å². The number of halogens is 10. The van der Waals surface area contributed by atoms with E-state index in [1.54, 1.807) is 38.3 Å². The zero-order valence-electron chi connectivity index (χ0n) is 36.9. The highest BCUT2D eigenvalue weighted by Gasteiger charge is 2.62. The second-order valence-electron chi connectivity index (χ2n) is 16.6. The third-order valence-electron chi connectivity index (χ3n) is 11.9. The first-order valence-corrected chi connectivity index (χ1v) is 22.7. The molecule has 4 aromatic rings. The van der Waals surface area contributed by atoms with Gasteiger partial charge in [-0.2, -0.15) is 26.3 Å². The maximum atomic E-state index is 14.2. The van der Waals surface area contributed by atoms with E-state index in [9.17, 15) is 41.1 Å². The largest absolute Gasteiger partial charge is 0.435 e. The van der Waals surface area contributed by atoms with Crippen LogP contribution in [0.25, 0.3) is 5.57 Å². The number of fused-ring (bicyclic) bond motifs is 2. The number of allylic oxidation sites excluding steroid dienone is 2. The molecular formula is C48H46Cl4F6N4O6. The van der Waals surface area contributed by atoms with E-state index in [2.05, 4.69) is 20.9 Å². The molecule has 0 aromatic heterocycles. The fourth-order valence-corrected chi connectivity index (χ4v) is 9.31. The Morgan fingerprint density at radius 2 is 1.28 bits per heavy atom. The number of hydrogen-bond donors (Lipinski definition) is 3. The minimum Gasteiger partial charge on any atom is -0.410 e. The number of nitrogens with zero attached hydrogens (tertiary/aromatic N) is 2. The lowest BCUT2D eigenvalue weighted by atomic mass is 9.86. The lowest BCUT2D eigenvalue weighted by molar-refractivity contribution is -0.275. The summed E-state index contributed by atoms with van der Waals surface area (Å²) in [5.41, 5.74) is 0.209. The minimum absolute atomic E-state index is 0.0469. The van der Waals surface area contributed by atoms with Crippen LogP contribution in [0, 0.1) is 0 Å². The van der Waals surface area contributed by atoms with E-state index in [4.69, 9.17) is 60.7 Å². The molecule has 0 radical (unpaired) electrons. The molecule has 0 spiro atoms. The number of carbonyl (C=O) groups excluding carboxylic acids is 2. The second kappa shape index (κ2) is 21.8. The summed E-state index contributed by atoms with van der Waals surface area (Å²) < 4.78 is 94.5. The number of benzene rings is 4. The Kier molecular flexibility index (Phi) is 16.9. The molecule has 5 atom stereocenters. The Balaban J connectivity index is 0.000000224. The number of alkyl halides is 6. The highest BCUT2D eigenvalue weighted by Crippen LogP contribution is 2.50. The summed E-state index contributed by atoms with van der Waals surface area (Å²) in [5.74, 6) is -0.258. The maximum absolute atomic E-state index is 14.2. The van der Waals surface area contributed by atoms with Crippen molar-refractivity contribution in [3.8, 4) is 0 Å². The molecule has 0 saturated heterocycles. The number of nitrogens with one attached hydrogen (secondary N) is 2. The van der Waals surface area contributed by atoms with E-state index < -0.39 is 29.9 Å². The van der Waals surface area contributed by atoms with Crippen molar-refractivity contribution in [1.82, 2.24) is 10.6 Å². The normalized spacial score (nSPS) is 20.1. The molecule has 10 nitrogen and oxygen atoms in total. The van der Waals surface area contributed by atoms with Crippen molar-refractivity contribution in [3.63, 3.8) is 0 Å². The van der Waals surface area contributed by atoms with E-state index in [1.165, 1.54) is 31.4 Å². The summed E-state index contributed by atoms with van der Waals surface area (Å²) in [7, 11) is 3.08. The molecule has 0 saturated carbocycles. The molecule has 0 bridgehead atoms. The number of aryl methyl sites for hydroxylation is 2. The smallest absolute Gasteiger partial charge is 0.410 e. The highest BCUT2D eigenvalue weighted by molar-refractivity contribution is 6.35. The number of ether oxygens (including phenoxy) is 2. The molecule has 68 heavy (non-hydrogen) atoms. The summed E-state index contributed by atoms with van der Waals surface area (Å²) in [6.45, 7) is 3.61. The van der Waals surface area contributed by atoms with E-state index in [-0.39, 0.29) is 91.6 Å². The van der Waals surface area contributed by atoms with Crippen LogP contribution in [-0.2, 0) is 42.3 Å². The number of oxime groups is 2. The van der Waals surface area contributed by atoms with Gasteiger partial charge in [0.15, 0.2) is 0 Å². The summed E-state index contributed by atoms with van der Waals surface area (Å²) in [6.07, 6.45) is -6.52. The van der Waals surface area contributed by atoms with Gasteiger partial charge in [0.05, 0.1) is 48.4 Å². The monoisotopic (exact) mass is 1030 g/mol. The van der Waals surface area contributed by atoms with Gasteiger partial charge in [0.1, 0.15) is 5.71 Å². The lowest BCUT2D eigenvalue weighted by Crippen LogP contribution is -2.42. The van der Waals surface area contributed by atoms with Crippen molar-refractivity contribution in [1.29, 1.82) is 0 Å². The van der Waals surface area contributed by atoms with Gasteiger partial charge in [-0.15, -0.1) is 0 Å². The Morgan fingerprint density at radius 1 is 0.779 bits per heavy atom. The summed E-state index contributed by atoms with van der Waals surface area (Å²) in [4.78, 5) is 29.6. The van der Waals surface area contributed by atoms with Gasteiger partial charge in [0.2, 0.25) is 11.8 Å². The van der Waals surface area contributed by atoms with E-state index in [0.717, 1.165) is 40.5 Å². The molecule has 2 aliphatic carbocycles. The molecule has 3 aliphatic rings. The zero-order chi connectivity index (χ0) is 49.7. The SMILES string of the molecule is COC(C)CC(=O)NC1CCc2cc(C(/C=C(/c3cc(Cl)cc(Cl)c3)C(F)(F)F)=N\O)ccc21.COC(C)CC(=O)NC1CCc2cc(C3=NOC(c4cc(Cl)cc(Cl)c4)(C(F)(F)F)C3)ccc21. The molecule has 7 rings (SSSR count). The van der Waals surface area contributed by atoms with Crippen LogP contribution in [0.5, 0.6) is 0 Å². The quantitative estimate of drug-likeness (QED) is 0.0529. The van der Waals surface area contributed by atoms with Crippen molar-refractivity contribution < 1.29 is 55.5 Å². The number of amides is 2. The number of hydrogen-bond acceptors (Lipinski definition) is 8. The molecule has 3 N–H and O–H groups in total. The van der Waals surface area contributed by atoms with Gasteiger partial charge in [-0.1, -0.05) is 81.0 Å². The van der Waals surface area contributed by atoms with Crippen molar-refractivity contribution in [3.05, 3.63) is 143 Å². The molecule has 1 heterocycles. The van der Waals surface area contributed by atoms with Gasteiger partial charge < -0.3 is 30.2 Å². The van der Waals surface area contributed by atoms with E-state index in [0.29, 0.717) is 36.8 Å². The van der Waals surface area contributed by atoms with Gasteiger partial charge in [0, 0.05) is 51.9 Å². The van der Waals surface area contributed by atoms with E-state index in [1.807, 2.05) is 19.1 Å². The predicted octanol–water partition coefficient (Wildman–Crippen LogP) is 12.5. The first kappa shape index (κ1) is 52.5. The lowest BCUT2D eigenvalue weighted by Gasteiger charge is -2.29. The third kappa shape index (κ3) is 12.5. The predicted molar refractivity (Wildman–Crippen MR) is 249 cm³/mol. The van der Waals surface area contributed by atoms with Gasteiger partial charge in [0.25, 0.3) is 5.60 Å². The van der Waals surface area contributed by atoms with Gasteiger partial charge in [-0.3, -0.25) is 9.59 Å². The fourth-order valence-electron chi connectivity index (χ4n) is 8.26. The van der Waals surface area contributed by atoms with Crippen molar-refractivity contribution in [2.75, 3.05) is 14.2 Å². The molecule has 364 valence electrons. The molecule has 0 fully saturated rings. The van der Waals surface area contributed by atoms with E-state index >= 15 is 0 Å². The molecule has 20 heteroatoms. The maximum Gasteiger partial charge on any atom is 0.435 e. The van der Waals surface area contributed by atoms with Crippen LogP contribution >= 0.6 is 46.4 Å². The molecular weight excluding hydrogens is 984 g/mol. The molecule has 4 aromatic carbocycles. The molecule has 1 aliphatic heterocycles. The topological polar surface area (TPSA) is 131 Å². The first-order valence-electron chi connectivity index (χ1n) is 21.2. The number of methoxy groups -OCH3 is 2. The number of rotatable bonds is 13. The number of carbonyl (C=O) groups is 2. The second-order valence-corrected chi connectivity index (χ2v) is 18.4. The van der Waals surface area contributed by atoms with Crippen LogP contribution in [-0.4, -0.2) is 67.2 Å². The van der Waals surface area contributed by atoms with Gasteiger partial charge in [-0.05, 0) is 128 Å². The summed E-state index contributed by atoms with van der Waals surface area (Å²) in [5, 5.41) is 22.7. The molecule has 2 amide bonds. The Morgan fingerprint density at radius 3 is 1.76 bits per heavy atom. The van der Waals surface area contributed by atoms with Crippen LogP contribution in [0.2, 0.25) is 20.1 Å². The van der Waals surface area contributed by atoms with Gasteiger partial charge >= 0.3 is 12.4 Å². The Labute approximate surface area is 408 Å². The van der Waals surface area contributed by atoms with Crippen LogP contribution in [0.1, 0.15) is 103 Å². The zero-order valence-corrected chi connectivity index (χ0v) is 40.0. The minimum atomic E-state index is -4.75. The Bertz CT molecular complexity index is 2590. The van der Waals surface area contributed by atoms with Crippen molar-refractivity contribution in [2.24, 2.45) is 10.3 Å². The highest BCUT2D eigenvalue weighted by atomic mass is 35.5. The van der Waals surface area contributed by atoms with Crippen molar-refractivity contribution in [2.45, 2.75) is 101 Å². The van der Waals surface area contributed by atoms with Crippen LogP contribution in [0.4, 0.5) is 26.3 Å². The van der Waals surface area contributed by atoms with Crippen LogP contribution in [0.15, 0.2) is 89.2 Å².